The van der Waals surface area contributed by atoms with Gasteiger partial charge in [-0.15, -0.1) is 0 Å². The second-order valence-electron chi connectivity index (χ2n) is 4.46. The molecule has 0 heterocycles. The van der Waals surface area contributed by atoms with Gasteiger partial charge in [-0.2, -0.15) is 0 Å². The molecule has 0 aromatic heterocycles. The van der Waals surface area contributed by atoms with Crippen LogP contribution in [0.15, 0.2) is 24.3 Å². The van der Waals surface area contributed by atoms with Gasteiger partial charge in [0.05, 0.1) is 13.5 Å². The Morgan fingerprint density at radius 1 is 1.06 bits per heavy atom. The summed E-state index contributed by atoms with van der Waals surface area (Å²) < 4.78 is 4.63. The molecular formula is C15H22O3. The van der Waals surface area contributed by atoms with Crippen LogP contribution in [0, 0.1) is 0 Å². The topological polar surface area (TPSA) is 46.5 Å². The molecule has 0 atom stereocenters. The van der Waals surface area contributed by atoms with Gasteiger partial charge in [0, 0.05) is 6.61 Å². The Morgan fingerprint density at radius 3 is 2.28 bits per heavy atom. The summed E-state index contributed by atoms with van der Waals surface area (Å²) in [5.41, 5.74) is 2.29. The third kappa shape index (κ3) is 5.82. The van der Waals surface area contributed by atoms with E-state index in [1.54, 1.807) is 0 Å². The summed E-state index contributed by atoms with van der Waals surface area (Å²) in [5.74, 6) is -0.202. The van der Waals surface area contributed by atoms with E-state index in [0.29, 0.717) is 13.0 Å². The van der Waals surface area contributed by atoms with Crippen LogP contribution in [0.25, 0.3) is 0 Å². The van der Waals surface area contributed by atoms with Crippen molar-refractivity contribution in [1.82, 2.24) is 0 Å². The number of aliphatic hydroxyl groups excluding tert-OH is 1. The van der Waals surface area contributed by atoms with Gasteiger partial charge in [-0.3, -0.25) is 4.79 Å². The average Bonchev–Trinajstić information content (AvgIpc) is 2.40. The zero-order chi connectivity index (χ0) is 13.2. The highest BCUT2D eigenvalue weighted by Gasteiger charge is 2.02. The number of aliphatic hydroxyl groups is 1. The monoisotopic (exact) mass is 250 g/mol. The Labute approximate surface area is 109 Å². The third-order valence-electron chi connectivity index (χ3n) is 2.97. The predicted molar refractivity (Wildman–Crippen MR) is 71.4 cm³/mol. The minimum Gasteiger partial charge on any atom is -0.469 e. The largest absolute Gasteiger partial charge is 0.469 e. The van der Waals surface area contributed by atoms with Gasteiger partial charge in [0.1, 0.15) is 0 Å². The lowest BCUT2D eigenvalue weighted by molar-refractivity contribution is -0.139. The SMILES string of the molecule is COC(=O)Cc1ccc(CCCCCCO)cc1. The number of carbonyl (C=O) groups excluding carboxylic acids is 1. The quantitative estimate of drug-likeness (QED) is 0.569. The Bertz CT molecular complexity index is 343. The molecule has 18 heavy (non-hydrogen) atoms. The molecule has 0 saturated heterocycles. The standard InChI is InChI=1S/C15H22O3/c1-18-15(17)12-14-9-7-13(8-10-14)6-4-2-3-5-11-16/h7-10,16H,2-6,11-12H2,1H3. The van der Waals surface area contributed by atoms with E-state index in [4.69, 9.17) is 5.11 Å². The van der Waals surface area contributed by atoms with Gasteiger partial charge in [0.2, 0.25) is 0 Å². The molecule has 0 aliphatic rings. The summed E-state index contributed by atoms with van der Waals surface area (Å²) in [5, 5.41) is 8.67. The zero-order valence-corrected chi connectivity index (χ0v) is 11.0. The van der Waals surface area contributed by atoms with Gasteiger partial charge in [-0.05, 0) is 30.4 Å². The maximum atomic E-state index is 11.1. The minimum atomic E-state index is -0.202. The van der Waals surface area contributed by atoms with Crippen molar-refractivity contribution in [2.75, 3.05) is 13.7 Å². The number of esters is 1. The van der Waals surface area contributed by atoms with Crippen LogP contribution >= 0.6 is 0 Å². The summed E-state index contributed by atoms with van der Waals surface area (Å²) in [6.07, 6.45) is 5.70. The van der Waals surface area contributed by atoms with Crippen LogP contribution in [0.5, 0.6) is 0 Å². The first kappa shape index (κ1) is 14.7. The smallest absolute Gasteiger partial charge is 0.309 e. The maximum absolute atomic E-state index is 11.1. The van der Waals surface area contributed by atoms with Gasteiger partial charge in [0.25, 0.3) is 0 Å². The molecule has 0 bridgehead atoms. The van der Waals surface area contributed by atoms with Crippen LogP contribution in [0.1, 0.15) is 36.8 Å². The highest BCUT2D eigenvalue weighted by Crippen LogP contribution is 2.10. The van der Waals surface area contributed by atoms with Crippen LogP contribution in [-0.4, -0.2) is 24.8 Å². The molecule has 0 unspecified atom stereocenters. The summed E-state index contributed by atoms with van der Waals surface area (Å²) in [4.78, 5) is 11.1. The molecule has 0 radical (unpaired) electrons. The minimum absolute atomic E-state index is 0.202. The first-order valence-corrected chi connectivity index (χ1v) is 6.51. The second kappa shape index (κ2) is 8.70. The van der Waals surface area contributed by atoms with E-state index in [-0.39, 0.29) is 5.97 Å². The van der Waals surface area contributed by atoms with Crippen molar-refractivity contribution in [1.29, 1.82) is 0 Å². The number of ether oxygens (including phenoxy) is 1. The zero-order valence-electron chi connectivity index (χ0n) is 11.0. The molecule has 0 aliphatic heterocycles. The van der Waals surface area contributed by atoms with Gasteiger partial charge in [-0.1, -0.05) is 37.1 Å². The van der Waals surface area contributed by atoms with E-state index >= 15 is 0 Å². The predicted octanol–water partition coefficient (Wildman–Crippen LogP) is 2.50. The third-order valence-corrected chi connectivity index (χ3v) is 2.97. The first-order chi connectivity index (χ1) is 8.76. The molecule has 0 amide bonds. The fourth-order valence-corrected chi connectivity index (χ4v) is 1.86. The molecule has 1 N–H and O–H groups in total. The van der Waals surface area contributed by atoms with Crippen molar-refractivity contribution in [3.05, 3.63) is 35.4 Å². The number of hydrogen-bond donors (Lipinski definition) is 1. The van der Waals surface area contributed by atoms with E-state index < -0.39 is 0 Å². The second-order valence-corrected chi connectivity index (χ2v) is 4.46. The van der Waals surface area contributed by atoms with Crippen molar-refractivity contribution < 1.29 is 14.6 Å². The van der Waals surface area contributed by atoms with Crippen LogP contribution in [0.2, 0.25) is 0 Å². The van der Waals surface area contributed by atoms with Crippen molar-refractivity contribution in [3.8, 4) is 0 Å². The van der Waals surface area contributed by atoms with Gasteiger partial charge in [-0.25, -0.2) is 0 Å². The lowest BCUT2D eigenvalue weighted by Crippen LogP contribution is -2.04. The van der Waals surface area contributed by atoms with Crippen LogP contribution in [-0.2, 0) is 22.4 Å². The Balaban J connectivity index is 2.29. The van der Waals surface area contributed by atoms with E-state index in [1.165, 1.54) is 12.7 Å². The number of rotatable bonds is 8. The average molecular weight is 250 g/mol. The Morgan fingerprint density at radius 2 is 1.67 bits per heavy atom. The van der Waals surface area contributed by atoms with Crippen molar-refractivity contribution in [3.63, 3.8) is 0 Å². The highest BCUT2D eigenvalue weighted by atomic mass is 16.5. The molecule has 0 fully saturated rings. The summed E-state index contributed by atoms with van der Waals surface area (Å²) in [6.45, 7) is 0.294. The molecular weight excluding hydrogens is 228 g/mol. The molecule has 1 rings (SSSR count). The van der Waals surface area contributed by atoms with Crippen LogP contribution in [0.4, 0.5) is 0 Å². The Kier molecular flexibility index (Phi) is 7.11. The van der Waals surface area contributed by atoms with Crippen LogP contribution in [0.3, 0.4) is 0 Å². The molecule has 0 saturated carbocycles. The molecule has 1 aromatic carbocycles. The normalized spacial score (nSPS) is 10.3. The molecule has 3 heteroatoms. The lowest BCUT2D eigenvalue weighted by atomic mass is 10.0. The number of methoxy groups -OCH3 is 1. The number of aryl methyl sites for hydroxylation is 1. The van der Waals surface area contributed by atoms with Crippen molar-refractivity contribution in [2.24, 2.45) is 0 Å². The van der Waals surface area contributed by atoms with Gasteiger partial charge in [0.15, 0.2) is 0 Å². The van der Waals surface area contributed by atoms with E-state index in [0.717, 1.165) is 37.7 Å². The summed E-state index contributed by atoms with van der Waals surface area (Å²) in [6, 6.07) is 8.12. The highest BCUT2D eigenvalue weighted by molar-refractivity contribution is 5.72. The maximum Gasteiger partial charge on any atom is 0.309 e. The fraction of sp³-hybridized carbons (Fsp3) is 0.533. The number of hydrogen-bond acceptors (Lipinski definition) is 3. The summed E-state index contributed by atoms with van der Waals surface area (Å²) in [7, 11) is 1.41. The fourth-order valence-electron chi connectivity index (χ4n) is 1.86. The van der Waals surface area contributed by atoms with E-state index in [2.05, 4.69) is 16.9 Å². The molecule has 3 nitrogen and oxygen atoms in total. The Hall–Kier alpha value is -1.35. The van der Waals surface area contributed by atoms with Crippen LogP contribution < -0.4 is 0 Å². The number of unbranched alkanes of at least 4 members (excludes halogenated alkanes) is 3. The number of carbonyl (C=O) groups is 1. The van der Waals surface area contributed by atoms with E-state index in [9.17, 15) is 4.79 Å². The van der Waals surface area contributed by atoms with Gasteiger partial charge < -0.3 is 9.84 Å². The van der Waals surface area contributed by atoms with Gasteiger partial charge >= 0.3 is 5.97 Å². The first-order valence-electron chi connectivity index (χ1n) is 6.51. The van der Waals surface area contributed by atoms with Crippen molar-refractivity contribution >= 4 is 5.97 Å². The lowest BCUT2D eigenvalue weighted by Gasteiger charge is -2.04. The molecule has 100 valence electrons. The number of benzene rings is 1. The molecule has 1 aromatic rings. The molecule has 0 spiro atoms. The summed E-state index contributed by atoms with van der Waals surface area (Å²) >= 11 is 0. The molecule has 0 aliphatic carbocycles. The van der Waals surface area contributed by atoms with E-state index in [1.807, 2.05) is 12.1 Å². The van der Waals surface area contributed by atoms with Crippen molar-refractivity contribution in [2.45, 2.75) is 38.5 Å².